The van der Waals surface area contributed by atoms with Crippen LogP contribution in [0.3, 0.4) is 0 Å². The summed E-state index contributed by atoms with van der Waals surface area (Å²) in [6.45, 7) is 0.0118. The molecule has 0 bridgehead atoms. The lowest BCUT2D eigenvalue weighted by Gasteiger charge is -2.18. The van der Waals surface area contributed by atoms with Crippen molar-refractivity contribution in [3.8, 4) is 0 Å². The van der Waals surface area contributed by atoms with Crippen molar-refractivity contribution in [2.24, 2.45) is 0 Å². The molecule has 0 aliphatic heterocycles. The molecule has 0 unspecified atom stereocenters. The third kappa shape index (κ3) is 7.15. The van der Waals surface area contributed by atoms with Crippen LogP contribution in [0.15, 0.2) is 54.6 Å². The van der Waals surface area contributed by atoms with Crippen LogP contribution in [0.2, 0.25) is 0 Å². The topological polar surface area (TPSA) is 105 Å². The number of nitrogens with one attached hydrogen (secondary N) is 2. The summed E-state index contributed by atoms with van der Waals surface area (Å²) < 4.78 is 18.0. The molecule has 7 nitrogen and oxygen atoms in total. The number of halogens is 1. The second kappa shape index (κ2) is 9.91. The van der Waals surface area contributed by atoms with Gasteiger partial charge in [-0.2, -0.15) is 0 Å². The highest BCUT2D eigenvalue weighted by atomic mass is 19.1. The van der Waals surface area contributed by atoms with Gasteiger partial charge in [0.15, 0.2) is 0 Å². The van der Waals surface area contributed by atoms with Crippen LogP contribution in [0.5, 0.6) is 0 Å². The second-order valence-electron chi connectivity index (χ2n) is 5.69. The first kappa shape index (κ1) is 19.9. The zero-order valence-corrected chi connectivity index (χ0v) is 14.4. The van der Waals surface area contributed by atoms with Crippen LogP contribution in [0.25, 0.3) is 0 Å². The first-order valence-electron chi connectivity index (χ1n) is 8.19. The lowest BCUT2D eigenvalue weighted by Crippen LogP contribution is -2.44. The van der Waals surface area contributed by atoms with E-state index in [1.807, 2.05) is 6.07 Å². The Morgan fingerprint density at radius 3 is 2.33 bits per heavy atom. The Bertz CT molecular complexity index is 780. The largest absolute Gasteiger partial charge is 0.481 e. The molecule has 142 valence electrons. The zero-order valence-electron chi connectivity index (χ0n) is 14.4. The van der Waals surface area contributed by atoms with E-state index in [-0.39, 0.29) is 19.4 Å². The number of hydrogen-bond donors (Lipinski definition) is 3. The molecule has 0 spiro atoms. The lowest BCUT2D eigenvalue weighted by atomic mass is 10.1. The number of hydrogen-bond acceptors (Lipinski definition) is 4. The Morgan fingerprint density at radius 1 is 1.04 bits per heavy atom. The molecule has 0 aliphatic rings. The predicted molar refractivity (Wildman–Crippen MR) is 95.5 cm³/mol. The summed E-state index contributed by atoms with van der Waals surface area (Å²) in [7, 11) is 0. The van der Waals surface area contributed by atoms with Gasteiger partial charge in [-0.3, -0.25) is 9.59 Å². The molecule has 2 aromatic carbocycles. The monoisotopic (exact) mass is 374 g/mol. The van der Waals surface area contributed by atoms with Gasteiger partial charge in [-0.1, -0.05) is 30.3 Å². The minimum Gasteiger partial charge on any atom is -0.481 e. The first-order chi connectivity index (χ1) is 12.9. The Morgan fingerprint density at radius 2 is 1.70 bits per heavy atom. The highest BCUT2D eigenvalue weighted by molar-refractivity contribution is 5.96. The van der Waals surface area contributed by atoms with Gasteiger partial charge in [0.2, 0.25) is 5.91 Å². The number of carbonyl (C=O) groups is 3. The fourth-order valence-corrected chi connectivity index (χ4v) is 2.21. The van der Waals surface area contributed by atoms with E-state index in [1.165, 1.54) is 24.3 Å². The van der Waals surface area contributed by atoms with Crippen molar-refractivity contribution in [1.82, 2.24) is 5.32 Å². The molecule has 0 heterocycles. The first-order valence-corrected chi connectivity index (χ1v) is 8.19. The van der Waals surface area contributed by atoms with E-state index in [9.17, 15) is 18.8 Å². The molecule has 27 heavy (non-hydrogen) atoms. The molecule has 2 amide bonds. The maximum Gasteiger partial charge on any atom is 0.408 e. The molecular weight excluding hydrogens is 355 g/mol. The van der Waals surface area contributed by atoms with E-state index in [2.05, 4.69) is 10.6 Å². The lowest BCUT2D eigenvalue weighted by molar-refractivity contribution is -0.137. The maximum atomic E-state index is 12.9. The number of ether oxygens (including phenoxy) is 1. The van der Waals surface area contributed by atoms with Gasteiger partial charge in [-0.25, -0.2) is 9.18 Å². The van der Waals surface area contributed by atoms with E-state index in [0.29, 0.717) is 5.69 Å². The summed E-state index contributed by atoms with van der Waals surface area (Å²) in [6.07, 6.45) is -1.29. The van der Waals surface area contributed by atoms with Crippen LogP contribution >= 0.6 is 0 Å². The zero-order chi connectivity index (χ0) is 19.6. The van der Waals surface area contributed by atoms with Gasteiger partial charge in [0.1, 0.15) is 18.5 Å². The second-order valence-corrected chi connectivity index (χ2v) is 5.69. The smallest absolute Gasteiger partial charge is 0.408 e. The van der Waals surface area contributed by atoms with Crippen LogP contribution < -0.4 is 10.6 Å². The fourth-order valence-electron chi connectivity index (χ4n) is 2.21. The fraction of sp³-hybridized carbons (Fsp3) is 0.211. The van der Waals surface area contributed by atoms with Gasteiger partial charge in [0, 0.05) is 12.1 Å². The Balaban J connectivity index is 1.95. The van der Waals surface area contributed by atoms with Crippen LogP contribution in [0.1, 0.15) is 18.4 Å². The summed E-state index contributed by atoms with van der Waals surface area (Å²) >= 11 is 0. The van der Waals surface area contributed by atoms with E-state index in [1.54, 1.807) is 24.3 Å². The van der Waals surface area contributed by atoms with Crippen molar-refractivity contribution in [1.29, 1.82) is 0 Å². The molecule has 0 aromatic heterocycles. The van der Waals surface area contributed by atoms with Crippen molar-refractivity contribution in [3.63, 3.8) is 0 Å². The highest BCUT2D eigenvalue weighted by Gasteiger charge is 2.22. The van der Waals surface area contributed by atoms with E-state index < -0.39 is 29.8 Å². The van der Waals surface area contributed by atoms with Gasteiger partial charge in [-0.15, -0.1) is 0 Å². The molecule has 0 saturated carbocycles. The van der Waals surface area contributed by atoms with Crippen LogP contribution in [0, 0.1) is 5.82 Å². The predicted octanol–water partition coefficient (Wildman–Crippen LogP) is 2.92. The molecule has 0 aliphatic carbocycles. The minimum absolute atomic E-state index is 0.0118. The van der Waals surface area contributed by atoms with Gasteiger partial charge >= 0.3 is 12.1 Å². The molecular formula is C19H19FN2O5. The summed E-state index contributed by atoms with van der Waals surface area (Å²) in [5.74, 6) is -2.19. The number of aliphatic carboxylic acids is 1. The molecule has 0 fully saturated rings. The molecule has 2 rings (SSSR count). The molecule has 0 radical (unpaired) electrons. The van der Waals surface area contributed by atoms with Crippen molar-refractivity contribution >= 4 is 23.7 Å². The third-order valence-corrected chi connectivity index (χ3v) is 3.58. The van der Waals surface area contributed by atoms with Gasteiger partial charge < -0.3 is 20.5 Å². The van der Waals surface area contributed by atoms with Gasteiger partial charge in [-0.05, 0) is 36.2 Å². The van der Waals surface area contributed by atoms with Crippen molar-refractivity contribution in [3.05, 3.63) is 66.0 Å². The third-order valence-electron chi connectivity index (χ3n) is 3.58. The van der Waals surface area contributed by atoms with E-state index >= 15 is 0 Å². The number of anilines is 1. The number of rotatable bonds is 8. The van der Waals surface area contributed by atoms with Gasteiger partial charge in [0.25, 0.3) is 0 Å². The summed E-state index contributed by atoms with van der Waals surface area (Å²) in [4.78, 5) is 35.1. The van der Waals surface area contributed by atoms with E-state index in [0.717, 1.165) is 5.56 Å². The Labute approximate surface area is 155 Å². The highest BCUT2D eigenvalue weighted by Crippen LogP contribution is 2.10. The standard InChI is InChI=1S/C19H19FN2O5/c20-14-6-8-15(9-7-14)21-18(25)16(10-11-17(23)24)22-19(26)27-12-13-4-2-1-3-5-13/h1-9,16H,10-12H2,(H,21,25)(H,22,26)(H,23,24)/t16-/m0/s1. The molecule has 2 aromatic rings. The summed E-state index contributed by atoms with van der Waals surface area (Å²) in [6, 6.07) is 12.9. The minimum atomic E-state index is -1.12. The van der Waals surface area contributed by atoms with Gasteiger partial charge in [0.05, 0.1) is 0 Å². The quantitative estimate of drug-likeness (QED) is 0.659. The number of carboxylic acid groups (broad SMARTS) is 1. The van der Waals surface area contributed by atoms with Crippen LogP contribution in [-0.2, 0) is 20.9 Å². The molecule has 1 atom stereocenters. The van der Waals surface area contributed by atoms with Crippen molar-refractivity contribution in [2.75, 3.05) is 5.32 Å². The Hall–Kier alpha value is -3.42. The number of benzene rings is 2. The van der Waals surface area contributed by atoms with Crippen molar-refractivity contribution < 1.29 is 28.6 Å². The number of alkyl carbamates (subject to hydrolysis) is 1. The normalized spacial score (nSPS) is 11.3. The number of carbonyl (C=O) groups excluding carboxylic acids is 2. The molecule has 0 saturated heterocycles. The van der Waals surface area contributed by atoms with Crippen LogP contribution in [0.4, 0.5) is 14.9 Å². The maximum absolute atomic E-state index is 12.9. The summed E-state index contributed by atoms with van der Waals surface area (Å²) in [5, 5.41) is 13.7. The number of carboxylic acids is 1. The molecule has 3 N–H and O–H groups in total. The van der Waals surface area contributed by atoms with E-state index in [4.69, 9.17) is 9.84 Å². The molecule has 8 heteroatoms. The average Bonchev–Trinajstić information content (AvgIpc) is 2.66. The number of amides is 2. The Kier molecular flexibility index (Phi) is 7.30. The van der Waals surface area contributed by atoms with Crippen LogP contribution in [-0.4, -0.2) is 29.1 Å². The summed E-state index contributed by atoms with van der Waals surface area (Å²) in [5.41, 5.74) is 1.09. The average molecular weight is 374 g/mol. The SMILES string of the molecule is O=C(O)CC[C@H](NC(=O)OCc1ccccc1)C(=O)Nc1ccc(F)cc1. The van der Waals surface area contributed by atoms with Crippen molar-refractivity contribution in [2.45, 2.75) is 25.5 Å².